The van der Waals surface area contributed by atoms with Gasteiger partial charge in [-0.25, -0.2) is 4.79 Å². The lowest BCUT2D eigenvalue weighted by Gasteiger charge is -2.33. The average molecular weight is 1900 g/mol. The summed E-state index contributed by atoms with van der Waals surface area (Å²) in [7, 11) is 1.27. The number of thioether (sulfide) groups is 1. The Balaban J connectivity index is 1.34. The van der Waals surface area contributed by atoms with Gasteiger partial charge in [0.15, 0.2) is 0 Å². The summed E-state index contributed by atoms with van der Waals surface area (Å²) in [5.74, 6) is -24.0. The van der Waals surface area contributed by atoms with E-state index in [1.54, 1.807) is 140 Å². The van der Waals surface area contributed by atoms with Crippen molar-refractivity contribution in [1.82, 2.24) is 84.3 Å². The Labute approximate surface area is 792 Å². The molecule has 0 spiro atoms. The van der Waals surface area contributed by atoms with Crippen LogP contribution in [0.15, 0.2) is 140 Å². The van der Waals surface area contributed by atoms with Crippen molar-refractivity contribution in [2.45, 2.75) is 219 Å². The van der Waals surface area contributed by atoms with E-state index < -0.39 is 259 Å². The number of primary amides is 3. The van der Waals surface area contributed by atoms with Crippen molar-refractivity contribution in [3.05, 3.63) is 167 Å². The third kappa shape index (κ3) is 34.1. The molecular formula is C95H127N19O21S. The first-order valence-electron chi connectivity index (χ1n) is 44.9. The summed E-state index contributed by atoms with van der Waals surface area (Å²) >= 11 is 0.687. The maximum Gasteiger partial charge on any atom is 0.335 e. The molecule has 0 aliphatic carbocycles. The summed E-state index contributed by atoms with van der Waals surface area (Å²) < 4.78 is 0. The third-order valence-electron chi connectivity index (χ3n) is 22.3. The molecule has 40 nitrogen and oxygen atoms in total. The molecule has 0 bridgehead atoms. The van der Waals surface area contributed by atoms with Crippen molar-refractivity contribution < 1.29 is 101 Å². The lowest BCUT2D eigenvalue weighted by molar-refractivity contribution is -0.143. The number of aliphatic hydroxyl groups is 1. The van der Waals surface area contributed by atoms with Crippen LogP contribution in [0.2, 0.25) is 0 Å². The number of likely N-dealkylation sites (N-methyl/N-ethyl adjacent to an activating group) is 1. The number of para-hydroxylation sites is 1. The van der Waals surface area contributed by atoms with Gasteiger partial charge in [-0.15, -0.1) is 11.8 Å². The van der Waals surface area contributed by atoms with Gasteiger partial charge >= 0.3 is 5.97 Å². The third-order valence-corrected chi connectivity index (χ3v) is 23.4. The molecule has 18 amide bonds. The van der Waals surface area contributed by atoms with E-state index in [-0.39, 0.29) is 61.5 Å². The topological polar surface area (TPSA) is 630 Å². The summed E-state index contributed by atoms with van der Waals surface area (Å²) in [4.78, 5) is 277. The molecule has 6 aromatic rings. The second kappa shape index (κ2) is 52.5. The van der Waals surface area contributed by atoms with Crippen molar-refractivity contribution >= 4 is 135 Å². The zero-order valence-electron chi connectivity index (χ0n) is 78.2. The largest absolute Gasteiger partial charge is 0.478 e. The Morgan fingerprint density at radius 3 is 1.31 bits per heavy atom. The Morgan fingerprint density at radius 2 is 0.816 bits per heavy atom. The van der Waals surface area contributed by atoms with Crippen LogP contribution in [0.4, 0.5) is 0 Å². The molecule has 7 rings (SSSR count). The lowest BCUT2D eigenvalue weighted by atomic mass is 9.97. The molecular weight excluding hydrogens is 1780 g/mol. The van der Waals surface area contributed by atoms with Gasteiger partial charge in [-0.05, 0) is 107 Å². The minimum atomic E-state index is -2.00. The highest BCUT2D eigenvalue weighted by atomic mass is 32.2. The number of carboxylic acids is 1. The molecule has 2 heterocycles. The maximum absolute atomic E-state index is 15.5. The fourth-order valence-electron chi connectivity index (χ4n) is 15.0. The van der Waals surface area contributed by atoms with Gasteiger partial charge in [-0.2, -0.15) is 0 Å². The van der Waals surface area contributed by atoms with Crippen molar-refractivity contribution in [1.29, 1.82) is 0 Å². The molecule has 0 saturated carbocycles. The highest BCUT2D eigenvalue weighted by Crippen LogP contribution is 2.24. The fraction of sp³-hybridized carbons (Fsp3) is 0.463. The summed E-state index contributed by atoms with van der Waals surface area (Å²) in [5.41, 5.74) is 20.4. The molecule has 1 aliphatic rings. The monoisotopic (exact) mass is 1900 g/mol. The first kappa shape index (κ1) is 109. The van der Waals surface area contributed by atoms with Crippen molar-refractivity contribution in [3.8, 4) is 11.1 Å². The highest BCUT2D eigenvalue weighted by Gasteiger charge is 2.41. The predicted molar refractivity (Wildman–Crippen MR) is 504 cm³/mol. The second-order valence-corrected chi connectivity index (χ2v) is 36.7. The Bertz CT molecular complexity index is 5250. The van der Waals surface area contributed by atoms with Gasteiger partial charge in [-0.3, -0.25) is 86.3 Å². The minimum Gasteiger partial charge on any atom is -0.478 e. The summed E-state index contributed by atoms with van der Waals surface area (Å²) in [6.07, 6.45) is -2.06. The van der Waals surface area contributed by atoms with Gasteiger partial charge in [-0.1, -0.05) is 184 Å². The minimum absolute atomic E-state index is 0.108. The summed E-state index contributed by atoms with van der Waals surface area (Å²) in [6, 6.07) is 13.5. The van der Waals surface area contributed by atoms with Crippen LogP contribution < -0.4 is 91.6 Å². The molecule has 5 aromatic carbocycles. The number of carboxylic acid groups (broad SMARTS) is 1. The standard InChI is InChI=1S/C95H127N19O21S/c1-49(2)34-64-83(122)108-71(42-75(96)116)88(127)104-66(36-51(5)6)90(129)112-79(52(7)8)93(132)110-73(46-115)92(131)111-74(82(121)100-45-77(98)118)47-136-48-78(119)101-67(38-55-22-15-13-16-23-55)85(124)106-69(40-57-24-21-27-60(37-57)95(134)135)86(125)109-72(43-76(97)117)89(128)107-70(41-61-44-99-63-29-20-19-28-62(61)63)87(126)103-65(35-50(3)4)84(123)105-68(39-56-30-32-59(33-31-56)58-25-17-14-18-26-58)91(130)113-80(53(9)10)94(133)114(12)54(11)81(120)102-64/h13-33,37,44,49-54,64-74,79-80,99,115H,34-36,38-43,45-48H2,1-12H3,(H2,96,116)(H2,97,117)(H2,98,118)(H,100,121)(H,101,119)(H,102,120)(H,103,126)(H,104,127)(H,105,123)(H,106,124)(H,107,128)(H,108,122)(H,109,125)(H,110,132)(H,111,131)(H,112,129)(H,113,130)(H,134,135)/t54-,64+,65-,66-,67-,68-,69-,70-,71-,72-,73-,74-,79-,80-/m0/s1. The van der Waals surface area contributed by atoms with E-state index in [4.69, 9.17) is 17.2 Å². The number of benzene rings is 5. The smallest absolute Gasteiger partial charge is 0.335 e. The number of nitrogens with one attached hydrogen (secondary N) is 15. The number of nitrogens with zero attached hydrogens (tertiary/aromatic N) is 1. The van der Waals surface area contributed by atoms with Gasteiger partial charge in [0.1, 0.15) is 84.6 Å². The van der Waals surface area contributed by atoms with Crippen molar-refractivity contribution in [2.75, 3.05) is 31.7 Å². The molecule has 23 N–H and O–H groups in total. The number of fused-ring (bicyclic) bond motifs is 1. The fourth-order valence-corrected chi connectivity index (χ4v) is 15.8. The van der Waals surface area contributed by atoms with E-state index in [0.29, 0.717) is 39.4 Å². The number of H-pyrrole nitrogens is 1. The van der Waals surface area contributed by atoms with Crippen LogP contribution in [-0.4, -0.2) is 249 Å². The molecule has 1 saturated heterocycles. The molecule has 14 atom stereocenters. The van der Waals surface area contributed by atoms with Crippen molar-refractivity contribution in [2.24, 2.45) is 46.8 Å². The molecule has 1 aliphatic heterocycles. The van der Waals surface area contributed by atoms with Gasteiger partial charge < -0.3 is 112 Å². The average Bonchev–Trinajstić information content (AvgIpc) is 1.61. The molecule has 136 heavy (non-hydrogen) atoms. The SMILES string of the molecule is CC(C)C[C@@H]1NC(=O)[C@H](Cc2c[nH]c3ccccc23)NC(=O)[C@H](CC(N)=O)NC(=O)[C@H](Cc2cccc(C(=O)O)c2)NC(=O)[C@H](Cc2ccccc2)NC(=O)CSC[C@@H](C(=O)NCC(N)=O)NC(=O)[C@H](CO)NC(=O)[C@H](C(C)C)NC(=O)[C@H](CC(C)C)NC(=O)[C@H](CC(N)=O)NC(=O)[C@@H](CC(C)C)NC(=O)[C@H](C)N(C)C(=O)[C@H](C(C)C)NC(=O)[C@H](Cc2ccc(-c3ccccc3)cc2)NC1=O. The molecule has 734 valence electrons. The number of aromatic nitrogens is 1. The Hall–Kier alpha value is -14.1. The van der Waals surface area contributed by atoms with E-state index >= 15 is 33.6 Å². The van der Waals surface area contributed by atoms with Gasteiger partial charge in [0, 0.05) is 55.6 Å². The quantitative estimate of drug-likeness (QED) is 0.0325. The number of amides is 18. The summed E-state index contributed by atoms with van der Waals surface area (Å²) in [6.45, 7) is 15.9. The van der Waals surface area contributed by atoms with E-state index in [9.17, 15) is 67.7 Å². The number of nitrogens with two attached hydrogens (primary N) is 3. The van der Waals surface area contributed by atoms with Gasteiger partial charge in [0.2, 0.25) is 106 Å². The first-order valence-corrected chi connectivity index (χ1v) is 46.0. The Kier molecular flexibility index (Phi) is 42.1. The molecule has 1 fully saturated rings. The molecule has 0 radical (unpaired) electrons. The summed E-state index contributed by atoms with van der Waals surface area (Å²) in [5, 5.41) is 57.4. The van der Waals surface area contributed by atoms with E-state index in [2.05, 4.69) is 79.4 Å². The van der Waals surface area contributed by atoms with Gasteiger partial charge in [0.05, 0.1) is 37.3 Å². The van der Waals surface area contributed by atoms with Crippen LogP contribution in [-0.2, 0) is 112 Å². The van der Waals surface area contributed by atoms with Crippen LogP contribution in [0.5, 0.6) is 0 Å². The molecule has 0 unspecified atom stereocenters. The number of rotatable bonds is 26. The second-order valence-electron chi connectivity index (χ2n) is 35.7. The van der Waals surface area contributed by atoms with Crippen molar-refractivity contribution in [3.63, 3.8) is 0 Å². The van der Waals surface area contributed by atoms with Crippen LogP contribution in [0.25, 0.3) is 22.0 Å². The molecule has 1 aromatic heterocycles. The first-order chi connectivity index (χ1) is 64.3. The highest BCUT2D eigenvalue weighted by molar-refractivity contribution is 8.00. The lowest BCUT2D eigenvalue weighted by Crippen LogP contribution is -2.62. The van der Waals surface area contributed by atoms with Crippen LogP contribution in [0, 0.1) is 29.6 Å². The van der Waals surface area contributed by atoms with E-state index in [0.717, 1.165) is 16.0 Å². The molecule has 41 heteroatoms. The number of hydrogen-bond donors (Lipinski definition) is 20. The zero-order chi connectivity index (χ0) is 100. The number of aromatic amines is 1. The van der Waals surface area contributed by atoms with E-state index in [1.165, 1.54) is 52.1 Å². The number of aromatic carboxylic acids is 1. The maximum atomic E-state index is 15.5. The van der Waals surface area contributed by atoms with E-state index in [1.807, 2.05) is 30.3 Å². The van der Waals surface area contributed by atoms with Gasteiger partial charge in [0.25, 0.3) is 0 Å². The normalized spacial score (nSPS) is 23.1. The Morgan fingerprint density at radius 1 is 0.419 bits per heavy atom. The van der Waals surface area contributed by atoms with Crippen LogP contribution >= 0.6 is 11.8 Å². The zero-order valence-corrected chi connectivity index (χ0v) is 79.0. The van der Waals surface area contributed by atoms with Crippen LogP contribution in [0.3, 0.4) is 0 Å². The number of aliphatic hydroxyl groups excluding tert-OH is 1. The number of carbonyl (C=O) groups is 19. The number of carbonyl (C=O) groups excluding carboxylic acids is 18. The number of hydrogen-bond acceptors (Lipinski definition) is 21. The van der Waals surface area contributed by atoms with Crippen LogP contribution in [0.1, 0.15) is 141 Å². The predicted octanol–water partition coefficient (Wildman–Crippen LogP) is -0.505.